The van der Waals surface area contributed by atoms with Crippen molar-refractivity contribution < 1.29 is 0 Å². The summed E-state index contributed by atoms with van der Waals surface area (Å²) in [4.78, 5) is 4.20. The summed E-state index contributed by atoms with van der Waals surface area (Å²) in [5.74, 6) is 0.895. The van der Waals surface area contributed by atoms with Crippen LogP contribution < -0.4 is 5.73 Å². The van der Waals surface area contributed by atoms with Gasteiger partial charge < -0.3 is 5.73 Å². The van der Waals surface area contributed by atoms with Crippen molar-refractivity contribution in [1.29, 1.82) is 5.26 Å². The molecule has 1 fully saturated rings. The van der Waals surface area contributed by atoms with E-state index >= 15 is 0 Å². The minimum atomic E-state index is 0.540. The fourth-order valence-electron chi connectivity index (χ4n) is 1.53. The van der Waals surface area contributed by atoms with Gasteiger partial charge in [0.1, 0.15) is 6.07 Å². The molecule has 0 aliphatic heterocycles. The van der Waals surface area contributed by atoms with Gasteiger partial charge in [0.15, 0.2) is 0 Å². The molecule has 1 saturated carbocycles. The molecule has 3 nitrogen and oxygen atoms in total. The zero-order valence-electron chi connectivity index (χ0n) is 8.03. The van der Waals surface area contributed by atoms with E-state index in [1.165, 1.54) is 19.3 Å². The largest absolute Gasteiger partial charge is 0.397 e. The van der Waals surface area contributed by atoms with Crippen molar-refractivity contribution in [2.24, 2.45) is 5.92 Å². The number of nitrogens with two attached hydrogens (primary N) is 1. The molecule has 2 N–H and O–H groups in total. The first-order valence-electron chi connectivity index (χ1n) is 4.94. The summed E-state index contributed by atoms with van der Waals surface area (Å²) in [6.07, 6.45) is 6.44. The molecule has 0 spiro atoms. The minimum Gasteiger partial charge on any atom is -0.397 e. The summed E-state index contributed by atoms with van der Waals surface area (Å²) >= 11 is 0. The number of aromatic nitrogens is 1. The molecule has 72 valence electrons. The van der Waals surface area contributed by atoms with Crippen molar-refractivity contribution in [3.8, 4) is 6.07 Å². The molecule has 1 aromatic rings. The number of nitrogens with zero attached hydrogens (tertiary/aromatic N) is 2. The maximum atomic E-state index is 8.64. The minimum absolute atomic E-state index is 0.540. The first-order chi connectivity index (χ1) is 6.79. The van der Waals surface area contributed by atoms with Gasteiger partial charge in [-0.15, -0.1) is 0 Å². The summed E-state index contributed by atoms with van der Waals surface area (Å²) in [7, 11) is 0. The van der Waals surface area contributed by atoms with Crippen LogP contribution in [0.3, 0.4) is 0 Å². The number of nitriles is 1. The van der Waals surface area contributed by atoms with Crippen LogP contribution in [0.25, 0.3) is 0 Å². The molecule has 0 aromatic carbocycles. The lowest BCUT2D eigenvalue weighted by atomic mass is 10.1. The Bertz CT molecular complexity index is 375. The van der Waals surface area contributed by atoms with Gasteiger partial charge in [0, 0.05) is 6.20 Å². The third-order valence-electron chi connectivity index (χ3n) is 2.62. The van der Waals surface area contributed by atoms with Crippen LogP contribution in [0.2, 0.25) is 0 Å². The van der Waals surface area contributed by atoms with Crippen LogP contribution in [0.4, 0.5) is 5.69 Å². The average Bonchev–Trinajstić information content (AvgIpc) is 2.99. The maximum absolute atomic E-state index is 8.64. The average molecular weight is 187 g/mol. The van der Waals surface area contributed by atoms with Crippen molar-refractivity contribution >= 4 is 5.69 Å². The highest BCUT2D eigenvalue weighted by Crippen LogP contribution is 2.33. The van der Waals surface area contributed by atoms with Crippen molar-refractivity contribution in [3.05, 3.63) is 23.5 Å². The Labute approximate surface area is 83.6 Å². The van der Waals surface area contributed by atoms with Crippen molar-refractivity contribution in [2.45, 2.75) is 25.7 Å². The van der Waals surface area contributed by atoms with E-state index in [1.807, 2.05) is 6.07 Å². The lowest BCUT2D eigenvalue weighted by molar-refractivity contribution is 0.715. The lowest BCUT2D eigenvalue weighted by Crippen LogP contribution is -1.99. The van der Waals surface area contributed by atoms with E-state index in [-0.39, 0.29) is 0 Å². The van der Waals surface area contributed by atoms with Crippen LogP contribution in [0, 0.1) is 17.2 Å². The van der Waals surface area contributed by atoms with Gasteiger partial charge in [-0.1, -0.05) is 12.8 Å². The molecule has 0 unspecified atom stereocenters. The van der Waals surface area contributed by atoms with E-state index in [9.17, 15) is 0 Å². The van der Waals surface area contributed by atoms with Crippen LogP contribution in [-0.4, -0.2) is 4.98 Å². The molecule has 0 saturated heterocycles. The number of aryl methyl sites for hydroxylation is 1. The number of hydrogen-bond acceptors (Lipinski definition) is 3. The van der Waals surface area contributed by atoms with E-state index in [4.69, 9.17) is 11.0 Å². The van der Waals surface area contributed by atoms with Gasteiger partial charge >= 0.3 is 0 Å². The molecule has 0 amide bonds. The molecule has 0 atom stereocenters. The maximum Gasteiger partial charge on any atom is 0.101 e. The summed E-state index contributed by atoms with van der Waals surface area (Å²) < 4.78 is 0. The third-order valence-corrected chi connectivity index (χ3v) is 2.62. The molecule has 0 bridgehead atoms. The third kappa shape index (κ3) is 2.02. The Hall–Kier alpha value is -1.56. The van der Waals surface area contributed by atoms with Gasteiger partial charge in [0.25, 0.3) is 0 Å². The molecule has 1 aliphatic carbocycles. The smallest absolute Gasteiger partial charge is 0.101 e. The second-order valence-corrected chi connectivity index (χ2v) is 3.85. The van der Waals surface area contributed by atoms with Gasteiger partial charge in [0.05, 0.1) is 16.9 Å². The molecule has 1 heterocycles. The van der Waals surface area contributed by atoms with Crippen LogP contribution in [0.5, 0.6) is 0 Å². The predicted octanol–water partition coefficient (Wildman–Crippen LogP) is 1.88. The summed E-state index contributed by atoms with van der Waals surface area (Å²) in [5, 5.41) is 8.64. The zero-order valence-corrected chi connectivity index (χ0v) is 8.03. The van der Waals surface area contributed by atoms with Gasteiger partial charge in [0.2, 0.25) is 0 Å². The second kappa shape index (κ2) is 3.67. The highest BCUT2D eigenvalue weighted by atomic mass is 14.7. The van der Waals surface area contributed by atoms with Crippen molar-refractivity contribution in [1.82, 2.24) is 4.98 Å². The summed E-state index contributed by atoms with van der Waals surface area (Å²) in [5.41, 5.74) is 7.93. The van der Waals surface area contributed by atoms with E-state index in [1.54, 1.807) is 12.3 Å². The first kappa shape index (κ1) is 9.01. The molecule has 1 aliphatic rings. The predicted molar refractivity (Wildman–Crippen MR) is 54.4 cm³/mol. The molecule has 2 rings (SSSR count). The Morgan fingerprint density at radius 3 is 2.93 bits per heavy atom. The van der Waals surface area contributed by atoms with E-state index < -0.39 is 0 Å². The SMILES string of the molecule is N#Cc1cnc(CCC2CC2)c(N)c1. The molecular formula is C11H13N3. The highest BCUT2D eigenvalue weighted by Gasteiger charge is 2.21. The fraction of sp³-hybridized carbons (Fsp3) is 0.455. The Morgan fingerprint density at radius 1 is 1.57 bits per heavy atom. The van der Waals surface area contributed by atoms with Crippen LogP contribution in [-0.2, 0) is 6.42 Å². The fourth-order valence-corrected chi connectivity index (χ4v) is 1.53. The van der Waals surface area contributed by atoms with Gasteiger partial charge in [-0.3, -0.25) is 4.98 Å². The van der Waals surface area contributed by atoms with Gasteiger partial charge in [-0.05, 0) is 24.8 Å². The number of anilines is 1. The molecular weight excluding hydrogens is 174 g/mol. The summed E-state index contributed by atoms with van der Waals surface area (Å²) in [6.45, 7) is 0. The van der Waals surface area contributed by atoms with Crippen molar-refractivity contribution in [3.63, 3.8) is 0 Å². The monoisotopic (exact) mass is 187 g/mol. The van der Waals surface area contributed by atoms with Crippen LogP contribution >= 0.6 is 0 Å². The molecule has 0 radical (unpaired) electrons. The number of pyridine rings is 1. The quantitative estimate of drug-likeness (QED) is 0.785. The van der Waals surface area contributed by atoms with Gasteiger partial charge in [-0.25, -0.2) is 0 Å². The standard InChI is InChI=1S/C11H13N3/c12-6-9-5-10(13)11(14-7-9)4-3-8-1-2-8/h5,7-8H,1-4,13H2. The van der Waals surface area contributed by atoms with Crippen LogP contribution in [0.15, 0.2) is 12.3 Å². The van der Waals surface area contributed by atoms with Crippen LogP contribution in [0.1, 0.15) is 30.5 Å². The number of hydrogen-bond donors (Lipinski definition) is 1. The summed E-state index contributed by atoms with van der Waals surface area (Å²) in [6, 6.07) is 3.73. The second-order valence-electron chi connectivity index (χ2n) is 3.85. The first-order valence-corrected chi connectivity index (χ1v) is 4.94. The Morgan fingerprint density at radius 2 is 2.36 bits per heavy atom. The van der Waals surface area contributed by atoms with E-state index in [0.717, 1.165) is 18.0 Å². The number of nitrogen functional groups attached to an aromatic ring is 1. The van der Waals surface area contributed by atoms with Crippen molar-refractivity contribution in [2.75, 3.05) is 5.73 Å². The topological polar surface area (TPSA) is 62.7 Å². The normalized spacial score (nSPS) is 15.1. The Balaban J connectivity index is 2.05. The van der Waals surface area contributed by atoms with E-state index in [2.05, 4.69) is 4.98 Å². The molecule has 3 heteroatoms. The zero-order chi connectivity index (χ0) is 9.97. The molecule has 1 aromatic heterocycles. The highest BCUT2D eigenvalue weighted by molar-refractivity contribution is 5.48. The Kier molecular flexibility index (Phi) is 2.36. The molecule has 14 heavy (non-hydrogen) atoms. The van der Waals surface area contributed by atoms with Gasteiger partial charge in [-0.2, -0.15) is 5.26 Å². The van der Waals surface area contributed by atoms with E-state index in [0.29, 0.717) is 11.3 Å². The number of rotatable bonds is 3. The lowest BCUT2D eigenvalue weighted by Gasteiger charge is -2.03.